The Balaban J connectivity index is 1.59. The van der Waals surface area contributed by atoms with Crippen LogP contribution in [0.5, 0.6) is 0 Å². The van der Waals surface area contributed by atoms with E-state index in [0.29, 0.717) is 17.8 Å². The number of rotatable bonds is 5. The van der Waals surface area contributed by atoms with Crippen LogP contribution >= 0.6 is 0 Å². The Morgan fingerprint density at radius 2 is 1.64 bits per heavy atom. The Kier molecular flexibility index (Phi) is 5.53. The summed E-state index contributed by atoms with van der Waals surface area (Å²) in [5, 5.41) is 17.5. The van der Waals surface area contributed by atoms with E-state index in [-0.39, 0.29) is 18.1 Å². The van der Waals surface area contributed by atoms with Crippen molar-refractivity contribution in [1.29, 1.82) is 0 Å². The van der Waals surface area contributed by atoms with Gasteiger partial charge in [0.2, 0.25) is 0 Å². The van der Waals surface area contributed by atoms with Gasteiger partial charge in [-0.15, -0.1) is 0 Å². The van der Waals surface area contributed by atoms with Crippen molar-refractivity contribution in [3.05, 3.63) is 78.0 Å². The first kappa shape index (κ1) is 18.4. The lowest BCUT2D eigenvalue weighted by atomic mass is 9.93. The molecule has 144 valence electrons. The second-order valence-corrected chi connectivity index (χ2v) is 7.42. The molecule has 5 nitrogen and oxygen atoms in total. The maximum absolute atomic E-state index is 13.0. The molecule has 1 heterocycles. The van der Waals surface area contributed by atoms with Crippen molar-refractivity contribution in [3.63, 3.8) is 0 Å². The van der Waals surface area contributed by atoms with E-state index in [2.05, 4.69) is 17.4 Å². The number of carbonyl (C=O) groups excluding carboxylic acids is 1. The normalized spacial score (nSPS) is 19.3. The lowest BCUT2D eigenvalue weighted by Crippen LogP contribution is -2.38. The van der Waals surface area contributed by atoms with Crippen molar-refractivity contribution >= 4 is 5.91 Å². The summed E-state index contributed by atoms with van der Waals surface area (Å²) in [7, 11) is 0. The number of aliphatic hydroxyl groups is 1. The Morgan fingerprint density at radius 3 is 2.32 bits per heavy atom. The molecule has 0 saturated heterocycles. The molecule has 1 aromatic heterocycles. The van der Waals surface area contributed by atoms with Gasteiger partial charge >= 0.3 is 0 Å². The van der Waals surface area contributed by atoms with E-state index in [4.69, 9.17) is 5.10 Å². The zero-order valence-corrected chi connectivity index (χ0v) is 15.8. The Morgan fingerprint density at radius 1 is 1.00 bits per heavy atom. The van der Waals surface area contributed by atoms with Crippen LogP contribution in [0.4, 0.5) is 0 Å². The summed E-state index contributed by atoms with van der Waals surface area (Å²) in [6.07, 6.45) is 4.70. The molecule has 5 heteroatoms. The van der Waals surface area contributed by atoms with Gasteiger partial charge in [0.15, 0.2) is 0 Å². The standard InChI is InChI=1S/C23H25N3O2/c27-20-13-11-19(12-14-20)24-23(28)21-16-26(15-17-7-3-1-4-8-17)25-22(21)18-9-5-2-6-10-18/h1-10,16,19-20,27H,11-15H2,(H,24,28). The summed E-state index contributed by atoms with van der Waals surface area (Å²) in [6.45, 7) is 0.615. The van der Waals surface area contributed by atoms with E-state index in [1.54, 1.807) is 0 Å². The van der Waals surface area contributed by atoms with Gasteiger partial charge in [0, 0.05) is 17.8 Å². The number of aromatic nitrogens is 2. The summed E-state index contributed by atoms with van der Waals surface area (Å²) < 4.78 is 1.83. The van der Waals surface area contributed by atoms with E-state index >= 15 is 0 Å². The highest BCUT2D eigenvalue weighted by atomic mass is 16.3. The molecule has 0 bridgehead atoms. The van der Waals surface area contributed by atoms with Gasteiger partial charge in [-0.25, -0.2) is 0 Å². The van der Waals surface area contributed by atoms with Crippen LogP contribution in [0.15, 0.2) is 66.9 Å². The number of hydrogen-bond acceptors (Lipinski definition) is 3. The molecule has 28 heavy (non-hydrogen) atoms. The number of benzene rings is 2. The quantitative estimate of drug-likeness (QED) is 0.716. The van der Waals surface area contributed by atoms with Gasteiger partial charge in [0.1, 0.15) is 5.69 Å². The highest BCUT2D eigenvalue weighted by molar-refractivity contribution is 6.00. The average Bonchev–Trinajstić information content (AvgIpc) is 3.15. The van der Waals surface area contributed by atoms with Crippen molar-refractivity contribution in [2.75, 3.05) is 0 Å². The molecule has 1 aliphatic rings. The van der Waals surface area contributed by atoms with Gasteiger partial charge in [0.05, 0.1) is 18.2 Å². The topological polar surface area (TPSA) is 67.2 Å². The lowest BCUT2D eigenvalue weighted by molar-refractivity contribution is 0.0868. The van der Waals surface area contributed by atoms with Gasteiger partial charge in [0.25, 0.3) is 5.91 Å². The molecule has 1 saturated carbocycles. The van der Waals surface area contributed by atoms with Gasteiger partial charge in [-0.1, -0.05) is 60.7 Å². The van der Waals surface area contributed by atoms with E-state index in [0.717, 1.165) is 36.8 Å². The van der Waals surface area contributed by atoms with E-state index < -0.39 is 0 Å². The molecule has 0 spiro atoms. The molecule has 2 aromatic carbocycles. The van der Waals surface area contributed by atoms with Crippen molar-refractivity contribution in [2.45, 2.75) is 44.4 Å². The minimum absolute atomic E-state index is 0.0976. The first-order chi connectivity index (χ1) is 13.7. The molecule has 3 aromatic rings. The maximum Gasteiger partial charge on any atom is 0.255 e. The molecule has 1 aliphatic carbocycles. The number of aliphatic hydroxyl groups excluding tert-OH is 1. The first-order valence-electron chi connectivity index (χ1n) is 9.85. The molecule has 0 unspecified atom stereocenters. The van der Waals surface area contributed by atoms with Gasteiger partial charge in [-0.3, -0.25) is 9.48 Å². The molecule has 0 aliphatic heterocycles. The fourth-order valence-corrected chi connectivity index (χ4v) is 3.73. The Hall–Kier alpha value is -2.92. The Bertz CT molecular complexity index is 914. The predicted octanol–water partition coefficient (Wildman–Crippen LogP) is 3.63. The molecule has 4 rings (SSSR count). The van der Waals surface area contributed by atoms with Crippen LogP contribution < -0.4 is 5.32 Å². The molecule has 1 amide bonds. The van der Waals surface area contributed by atoms with E-state index in [1.165, 1.54) is 0 Å². The smallest absolute Gasteiger partial charge is 0.255 e. The lowest BCUT2D eigenvalue weighted by Gasteiger charge is -2.26. The van der Waals surface area contributed by atoms with Crippen molar-refractivity contribution in [1.82, 2.24) is 15.1 Å². The Labute approximate surface area is 165 Å². The number of amides is 1. The van der Waals surface area contributed by atoms with Crippen molar-refractivity contribution < 1.29 is 9.90 Å². The number of nitrogens with zero attached hydrogens (tertiary/aromatic N) is 2. The highest BCUT2D eigenvalue weighted by Gasteiger charge is 2.24. The summed E-state index contributed by atoms with van der Waals surface area (Å²) in [6, 6.07) is 20.0. The summed E-state index contributed by atoms with van der Waals surface area (Å²) in [5.74, 6) is -0.0976. The highest BCUT2D eigenvalue weighted by Crippen LogP contribution is 2.24. The zero-order valence-electron chi connectivity index (χ0n) is 15.8. The fourth-order valence-electron chi connectivity index (χ4n) is 3.73. The van der Waals surface area contributed by atoms with Crippen LogP contribution in [0.1, 0.15) is 41.6 Å². The van der Waals surface area contributed by atoms with Gasteiger partial charge < -0.3 is 10.4 Å². The SMILES string of the molecule is O=C(NC1CCC(O)CC1)c1cn(Cc2ccccc2)nc1-c1ccccc1. The van der Waals surface area contributed by atoms with Crippen LogP contribution in [0.2, 0.25) is 0 Å². The second-order valence-electron chi connectivity index (χ2n) is 7.42. The van der Waals surface area contributed by atoms with Crippen LogP contribution in [0.3, 0.4) is 0 Å². The van der Waals surface area contributed by atoms with E-state index in [9.17, 15) is 9.90 Å². The van der Waals surface area contributed by atoms with Crippen molar-refractivity contribution in [3.8, 4) is 11.3 Å². The summed E-state index contributed by atoms with van der Waals surface area (Å²) in [5.41, 5.74) is 3.36. The molecular weight excluding hydrogens is 350 g/mol. The molecule has 1 fully saturated rings. The predicted molar refractivity (Wildman–Crippen MR) is 109 cm³/mol. The van der Waals surface area contributed by atoms with E-state index in [1.807, 2.05) is 59.4 Å². The van der Waals surface area contributed by atoms with Crippen LogP contribution in [0.25, 0.3) is 11.3 Å². The van der Waals surface area contributed by atoms with Crippen LogP contribution in [-0.2, 0) is 6.54 Å². The molecule has 0 radical (unpaired) electrons. The number of carbonyl (C=O) groups is 1. The third kappa shape index (κ3) is 4.31. The second kappa shape index (κ2) is 8.40. The van der Waals surface area contributed by atoms with Crippen LogP contribution in [-0.4, -0.2) is 32.9 Å². The monoisotopic (exact) mass is 375 g/mol. The van der Waals surface area contributed by atoms with Gasteiger partial charge in [-0.2, -0.15) is 5.10 Å². The number of hydrogen-bond donors (Lipinski definition) is 2. The fraction of sp³-hybridized carbons (Fsp3) is 0.304. The largest absolute Gasteiger partial charge is 0.393 e. The summed E-state index contributed by atoms with van der Waals surface area (Å²) >= 11 is 0. The maximum atomic E-state index is 13.0. The summed E-state index contributed by atoms with van der Waals surface area (Å²) in [4.78, 5) is 13.0. The van der Waals surface area contributed by atoms with Gasteiger partial charge in [-0.05, 0) is 31.2 Å². The van der Waals surface area contributed by atoms with Crippen LogP contribution in [0, 0.1) is 0 Å². The molecular formula is C23H25N3O2. The first-order valence-corrected chi connectivity index (χ1v) is 9.85. The van der Waals surface area contributed by atoms with Crippen molar-refractivity contribution in [2.24, 2.45) is 0 Å². The minimum atomic E-state index is -0.235. The zero-order chi connectivity index (χ0) is 19.3. The third-order valence-corrected chi connectivity index (χ3v) is 5.27. The number of nitrogens with one attached hydrogen (secondary N) is 1. The average molecular weight is 375 g/mol. The third-order valence-electron chi connectivity index (χ3n) is 5.27. The molecule has 2 N–H and O–H groups in total. The molecule has 0 atom stereocenters. The minimum Gasteiger partial charge on any atom is -0.393 e.